The lowest BCUT2D eigenvalue weighted by molar-refractivity contribution is -0.742. The molecule has 0 bridgehead atoms. The summed E-state index contributed by atoms with van der Waals surface area (Å²) in [5.41, 5.74) is 2.99. The Balaban J connectivity index is 0.000000473. The van der Waals surface area contributed by atoms with E-state index in [-0.39, 0.29) is 0 Å². The zero-order valence-electron chi connectivity index (χ0n) is 19.0. The van der Waals surface area contributed by atoms with Gasteiger partial charge in [-0.05, 0) is 37.8 Å². The first-order chi connectivity index (χ1) is 16.7. The van der Waals surface area contributed by atoms with Crippen molar-refractivity contribution in [2.45, 2.75) is 39.0 Å². The highest BCUT2D eigenvalue weighted by molar-refractivity contribution is 7.13. The Morgan fingerprint density at radius 2 is 1.80 bits per heavy atom. The summed E-state index contributed by atoms with van der Waals surface area (Å²) in [5, 5.41) is 38.0. The van der Waals surface area contributed by atoms with Crippen molar-refractivity contribution in [2.24, 2.45) is 10.9 Å². The van der Waals surface area contributed by atoms with Gasteiger partial charge in [0.25, 0.3) is 10.2 Å². The van der Waals surface area contributed by atoms with Gasteiger partial charge in [-0.3, -0.25) is 9.98 Å². The monoisotopic (exact) mass is 505 g/mol. The summed E-state index contributed by atoms with van der Waals surface area (Å²) < 4.78 is 0. The third kappa shape index (κ3) is 10.6. The predicted octanol–water partition coefficient (Wildman–Crippen LogP) is 4.76. The number of fused-ring (bicyclic) bond motifs is 1. The fraction of sp³-hybridized carbons (Fsp3) is 0.381. The number of thiazole rings is 1. The number of pyridine rings is 1. The quantitative estimate of drug-likeness (QED) is 0.166. The van der Waals surface area contributed by atoms with E-state index in [2.05, 4.69) is 32.7 Å². The second-order valence-corrected chi connectivity index (χ2v) is 8.48. The van der Waals surface area contributed by atoms with Gasteiger partial charge in [-0.25, -0.2) is 4.98 Å². The maximum absolute atomic E-state index is 8.36. The number of hydrogen-bond acceptors (Lipinski definition) is 8. The van der Waals surface area contributed by atoms with Crippen LogP contribution >= 0.6 is 11.3 Å². The molecule has 13 nitrogen and oxygen atoms in total. The molecule has 0 atom stereocenters. The summed E-state index contributed by atoms with van der Waals surface area (Å²) in [6, 6.07) is 10.3. The van der Waals surface area contributed by atoms with Gasteiger partial charge >= 0.3 is 0 Å². The number of nitrogens with one attached hydrogen (secondary N) is 2. The Morgan fingerprint density at radius 3 is 2.43 bits per heavy atom. The molecule has 0 saturated heterocycles. The standard InChI is InChI=1S/C21H25N5S.2HNO3/c1-15-13-19(17-9-5-6-10-18(17)24-15)25-20(26-21-22-11-12-27-21)23-14-16-7-3-2-4-8-16;2*2-1(3)4/h5-6,9-13,16H,2-4,7-8,14H2,1H3,(H2,22,23,24,25,26);2*(H,2,3,4). The molecule has 14 heteroatoms. The first-order valence-corrected chi connectivity index (χ1v) is 11.6. The van der Waals surface area contributed by atoms with Gasteiger partial charge in [0.05, 0.1) is 11.2 Å². The predicted molar refractivity (Wildman–Crippen MR) is 132 cm³/mol. The number of aryl methyl sites for hydroxylation is 1. The molecule has 1 aliphatic carbocycles. The van der Waals surface area contributed by atoms with Gasteiger partial charge in [0.2, 0.25) is 5.96 Å². The van der Waals surface area contributed by atoms with Crippen LogP contribution in [0.1, 0.15) is 37.8 Å². The third-order valence-corrected chi connectivity index (χ3v) is 5.68. The largest absolute Gasteiger partial charge is 0.328 e. The number of aliphatic imine (C=N–C) groups is 1. The summed E-state index contributed by atoms with van der Waals surface area (Å²) in [7, 11) is 0. The van der Waals surface area contributed by atoms with E-state index in [0.29, 0.717) is 5.92 Å². The van der Waals surface area contributed by atoms with Crippen molar-refractivity contribution in [3.05, 3.63) is 67.8 Å². The summed E-state index contributed by atoms with van der Waals surface area (Å²) in [6.07, 6.45) is 8.40. The summed E-state index contributed by atoms with van der Waals surface area (Å²) in [4.78, 5) is 30.6. The highest BCUT2D eigenvalue weighted by Crippen LogP contribution is 2.25. The highest BCUT2D eigenvalue weighted by atomic mass is 32.1. The van der Waals surface area contributed by atoms with Crippen molar-refractivity contribution < 1.29 is 20.6 Å². The summed E-state index contributed by atoms with van der Waals surface area (Å²) in [6.45, 7) is 2.87. The van der Waals surface area contributed by atoms with Crippen LogP contribution in [0.5, 0.6) is 0 Å². The van der Waals surface area contributed by atoms with Gasteiger partial charge in [-0.1, -0.05) is 37.5 Å². The molecular formula is C21H27N7O6S. The SMILES string of the molecule is Cc1cc(NC(=NCC2CCCCC2)Nc2nccs2)c2ccccc2n1.O=[N+]([O-])O.O=[N+]([O-])O. The molecule has 0 spiro atoms. The van der Waals surface area contributed by atoms with E-state index in [1.165, 1.54) is 32.1 Å². The summed E-state index contributed by atoms with van der Waals surface area (Å²) >= 11 is 1.57. The second-order valence-electron chi connectivity index (χ2n) is 7.58. The lowest BCUT2D eigenvalue weighted by Gasteiger charge is -2.20. The van der Waals surface area contributed by atoms with Crippen molar-refractivity contribution in [3.63, 3.8) is 0 Å². The van der Waals surface area contributed by atoms with Crippen LogP contribution in [0.2, 0.25) is 0 Å². The highest BCUT2D eigenvalue weighted by Gasteiger charge is 2.14. The number of nitrogens with zero attached hydrogens (tertiary/aromatic N) is 5. The lowest BCUT2D eigenvalue weighted by atomic mass is 9.89. The Morgan fingerprint density at radius 1 is 1.14 bits per heavy atom. The molecule has 1 saturated carbocycles. The molecule has 0 amide bonds. The Labute approximate surface area is 204 Å². The molecule has 35 heavy (non-hydrogen) atoms. The number of aromatic nitrogens is 2. The van der Waals surface area contributed by atoms with Gasteiger partial charge in [0.1, 0.15) is 0 Å². The van der Waals surface area contributed by atoms with E-state index in [0.717, 1.165) is 39.9 Å². The van der Waals surface area contributed by atoms with Gasteiger partial charge < -0.3 is 21.0 Å². The fourth-order valence-corrected chi connectivity index (χ4v) is 4.15. The van der Waals surface area contributed by atoms with Crippen LogP contribution in [0.25, 0.3) is 10.9 Å². The van der Waals surface area contributed by atoms with E-state index in [1.54, 1.807) is 17.5 Å². The maximum atomic E-state index is 8.36. The van der Waals surface area contributed by atoms with E-state index in [1.807, 2.05) is 30.5 Å². The molecule has 1 fully saturated rings. The number of para-hydroxylation sites is 1. The van der Waals surface area contributed by atoms with Crippen LogP contribution in [-0.4, -0.2) is 43.1 Å². The van der Waals surface area contributed by atoms with E-state index < -0.39 is 10.2 Å². The van der Waals surface area contributed by atoms with Crippen LogP contribution in [0, 0.1) is 33.1 Å². The minimum absolute atomic E-state index is 0.685. The summed E-state index contributed by atoms with van der Waals surface area (Å²) in [5.74, 6) is 1.44. The fourth-order valence-electron chi connectivity index (χ4n) is 3.63. The minimum Gasteiger partial charge on any atom is -0.328 e. The second kappa shape index (κ2) is 14.2. The van der Waals surface area contributed by atoms with E-state index >= 15 is 0 Å². The number of anilines is 2. The molecular weight excluding hydrogens is 478 g/mol. The number of guanidine groups is 1. The maximum Gasteiger partial charge on any atom is 0.291 e. The lowest BCUT2D eigenvalue weighted by Crippen LogP contribution is -2.24. The van der Waals surface area contributed by atoms with Crippen LogP contribution < -0.4 is 10.6 Å². The molecule has 188 valence electrons. The number of hydrogen-bond donors (Lipinski definition) is 4. The average molecular weight is 506 g/mol. The van der Waals surface area contributed by atoms with Crippen molar-refractivity contribution in [2.75, 3.05) is 17.2 Å². The first kappa shape index (κ1) is 27.2. The molecule has 2 aromatic heterocycles. The molecule has 4 N–H and O–H groups in total. The van der Waals surface area contributed by atoms with E-state index in [9.17, 15) is 0 Å². The van der Waals surface area contributed by atoms with Crippen LogP contribution in [-0.2, 0) is 0 Å². The minimum atomic E-state index is -1.50. The Hall–Kier alpha value is -4.07. The Kier molecular flexibility index (Phi) is 11.1. The molecule has 0 unspecified atom stereocenters. The van der Waals surface area contributed by atoms with Crippen molar-refractivity contribution in [1.82, 2.24) is 9.97 Å². The van der Waals surface area contributed by atoms with Crippen LogP contribution in [0.3, 0.4) is 0 Å². The van der Waals surface area contributed by atoms with E-state index in [4.69, 9.17) is 35.6 Å². The molecule has 0 radical (unpaired) electrons. The topological polar surface area (TPSA) is 189 Å². The van der Waals surface area contributed by atoms with Crippen LogP contribution in [0.4, 0.5) is 10.8 Å². The van der Waals surface area contributed by atoms with Crippen molar-refractivity contribution in [3.8, 4) is 0 Å². The molecule has 1 aliphatic rings. The molecule has 0 aliphatic heterocycles. The molecule has 4 rings (SSSR count). The van der Waals surface area contributed by atoms with Gasteiger partial charge in [-0.2, -0.15) is 0 Å². The van der Waals surface area contributed by atoms with Gasteiger partial charge in [0.15, 0.2) is 5.13 Å². The molecule has 2 heterocycles. The normalized spacial score (nSPS) is 13.6. The Bertz CT molecular complexity index is 1100. The molecule has 1 aromatic carbocycles. The number of benzene rings is 1. The molecule has 3 aromatic rings. The van der Waals surface area contributed by atoms with Crippen molar-refractivity contribution >= 4 is 39.0 Å². The first-order valence-electron chi connectivity index (χ1n) is 10.8. The van der Waals surface area contributed by atoms with Crippen molar-refractivity contribution in [1.29, 1.82) is 0 Å². The van der Waals surface area contributed by atoms with Gasteiger partial charge in [0, 0.05) is 29.2 Å². The number of rotatable bonds is 4. The van der Waals surface area contributed by atoms with Gasteiger partial charge in [-0.15, -0.1) is 31.6 Å². The zero-order valence-corrected chi connectivity index (χ0v) is 19.8. The average Bonchev–Trinajstić information content (AvgIpc) is 3.30. The third-order valence-electron chi connectivity index (χ3n) is 4.99. The zero-order chi connectivity index (χ0) is 25.6. The van der Waals surface area contributed by atoms with Crippen LogP contribution in [0.15, 0.2) is 46.9 Å². The smallest absolute Gasteiger partial charge is 0.291 e.